The average Bonchev–Trinajstić information content (AvgIpc) is 2.41. The first-order chi connectivity index (χ1) is 9.38. The van der Waals surface area contributed by atoms with Crippen LogP contribution in [-0.4, -0.2) is 24.0 Å². The van der Waals surface area contributed by atoms with Gasteiger partial charge in [-0.1, -0.05) is 0 Å². The monoisotopic (exact) mass is 287 g/mol. The second kappa shape index (κ2) is 5.60. The number of nitrogens with one attached hydrogen (secondary N) is 1. The topological polar surface area (TPSA) is 58.4 Å². The first-order valence-corrected chi connectivity index (χ1v) is 6.40. The Morgan fingerprint density at radius 3 is 2.40 bits per heavy atom. The fourth-order valence-corrected chi connectivity index (χ4v) is 2.14. The Labute approximate surface area is 114 Å². The van der Waals surface area contributed by atoms with Gasteiger partial charge < -0.3 is 16.0 Å². The quantitative estimate of drug-likeness (QED) is 0.779. The van der Waals surface area contributed by atoms with Crippen molar-refractivity contribution in [1.29, 1.82) is 0 Å². The number of alkyl halides is 3. The molecule has 2 rings (SSSR count). The van der Waals surface area contributed by atoms with Crippen LogP contribution < -0.4 is 11.1 Å². The lowest BCUT2D eigenvalue weighted by molar-refractivity contribution is -0.137. The van der Waals surface area contributed by atoms with Crippen molar-refractivity contribution in [3.63, 3.8) is 0 Å². The zero-order valence-electron chi connectivity index (χ0n) is 10.8. The van der Waals surface area contributed by atoms with E-state index in [9.17, 15) is 18.0 Å². The molecule has 4 nitrogen and oxygen atoms in total. The van der Waals surface area contributed by atoms with Gasteiger partial charge in [-0.3, -0.25) is 0 Å². The molecule has 110 valence electrons. The van der Waals surface area contributed by atoms with Crippen molar-refractivity contribution >= 4 is 17.4 Å². The summed E-state index contributed by atoms with van der Waals surface area (Å²) in [5.74, 6) is 0. The molecule has 3 N–H and O–H groups in total. The summed E-state index contributed by atoms with van der Waals surface area (Å²) >= 11 is 0. The third kappa shape index (κ3) is 3.34. The molecule has 2 amide bonds. The highest BCUT2D eigenvalue weighted by Crippen LogP contribution is 2.32. The van der Waals surface area contributed by atoms with Gasteiger partial charge in [0.1, 0.15) is 0 Å². The summed E-state index contributed by atoms with van der Waals surface area (Å²) in [6.07, 6.45) is -1.47. The van der Waals surface area contributed by atoms with E-state index in [0.29, 0.717) is 13.1 Å². The molecule has 0 radical (unpaired) electrons. The molecule has 0 aromatic heterocycles. The number of urea groups is 1. The number of hydrogen-bond acceptors (Lipinski definition) is 2. The molecule has 1 aromatic rings. The van der Waals surface area contributed by atoms with E-state index in [1.54, 1.807) is 4.90 Å². The Morgan fingerprint density at radius 1 is 1.20 bits per heavy atom. The number of amides is 2. The second-order valence-electron chi connectivity index (χ2n) is 4.78. The minimum Gasteiger partial charge on any atom is -0.397 e. The highest BCUT2D eigenvalue weighted by molar-refractivity contribution is 5.92. The minimum atomic E-state index is -4.44. The lowest BCUT2D eigenvalue weighted by atomic mass is 10.1. The van der Waals surface area contributed by atoms with E-state index in [4.69, 9.17) is 5.73 Å². The number of benzene rings is 1. The minimum absolute atomic E-state index is 0.0924. The maximum absolute atomic E-state index is 12.5. The van der Waals surface area contributed by atoms with Gasteiger partial charge in [-0.25, -0.2) is 4.79 Å². The van der Waals surface area contributed by atoms with Crippen molar-refractivity contribution in [3.05, 3.63) is 23.8 Å². The average molecular weight is 287 g/mol. The number of carbonyl (C=O) groups is 1. The SMILES string of the molecule is Nc1cc(C(F)(F)F)ccc1NC(=O)N1CCCCC1. The molecule has 0 spiro atoms. The highest BCUT2D eigenvalue weighted by Gasteiger charge is 2.31. The Balaban J connectivity index is 2.08. The van der Waals surface area contributed by atoms with Gasteiger partial charge in [0.25, 0.3) is 0 Å². The van der Waals surface area contributed by atoms with E-state index >= 15 is 0 Å². The predicted molar refractivity (Wildman–Crippen MR) is 70.3 cm³/mol. The number of nitrogen functional groups attached to an aromatic ring is 1. The molecule has 0 saturated carbocycles. The third-order valence-corrected chi connectivity index (χ3v) is 3.26. The third-order valence-electron chi connectivity index (χ3n) is 3.26. The summed E-state index contributed by atoms with van der Waals surface area (Å²) in [6, 6.07) is 2.59. The van der Waals surface area contributed by atoms with Crippen LogP contribution in [-0.2, 0) is 6.18 Å². The lowest BCUT2D eigenvalue weighted by Gasteiger charge is -2.27. The van der Waals surface area contributed by atoms with Crippen LogP contribution in [0, 0.1) is 0 Å². The van der Waals surface area contributed by atoms with Crippen LogP contribution >= 0.6 is 0 Å². The number of anilines is 2. The van der Waals surface area contributed by atoms with Gasteiger partial charge in [-0.05, 0) is 37.5 Å². The van der Waals surface area contributed by atoms with Gasteiger partial charge in [0, 0.05) is 13.1 Å². The zero-order valence-corrected chi connectivity index (χ0v) is 10.8. The van der Waals surface area contributed by atoms with Crippen LogP contribution in [0.25, 0.3) is 0 Å². The van der Waals surface area contributed by atoms with Crippen LogP contribution in [0.4, 0.5) is 29.3 Å². The van der Waals surface area contributed by atoms with Crippen molar-refractivity contribution < 1.29 is 18.0 Å². The Bertz CT molecular complexity index is 496. The first-order valence-electron chi connectivity index (χ1n) is 6.40. The summed E-state index contributed by atoms with van der Waals surface area (Å²) in [5.41, 5.74) is 4.84. The van der Waals surface area contributed by atoms with Crippen LogP contribution in [0.3, 0.4) is 0 Å². The van der Waals surface area contributed by atoms with Gasteiger partial charge in [-0.2, -0.15) is 13.2 Å². The lowest BCUT2D eigenvalue weighted by Crippen LogP contribution is -2.38. The number of likely N-dealkylation sites (tertiary alicyclic amines) is 1. The number of piperidine rings is 1. The second-order valence-corrected chi connectivity index (χ2v) is 4.78. The van der Waals surface area contributed by atoms with Gasteiger partial charge >= 0.3 is 12.2 Å². The van der Waals surface area contributed by atoms with Crippen LogP contribution in [0.1, 0.15) is 24.8 Å². The van der Waals surface area contributed by atoms with Crippen LogP contribution in [0.15, 0.2) is 18.2 Å². The first kappa shape index (κ1) is 14.5. The van der Waals surface area contributed by atoms with Crippen molar-refractivity contribution in [2.24, 2.45) is 0 Å². The molecular formula is C13H16F3N3O. The molecule has 0 atom stereocenters. The fourth-order valence-electron chi connectivity index (χ4n) is 2.14. The molecular weight excluding hydrogens is 271 g/mol. The smallest absolute Gasteiger partial charge is 0.397 e. The molecule has 0 aliphatic carbocycles. The summed E-state index contributed by atoms with van der Waals surface area (Å²) in [6.45, 7) is 1.32. The van der Waals surface area contributed by atoms with Crippen molar-refractivity contribution in [2.45, 2.75) is 25.4 Å². The zero-order chi connectivity index (χ0) is 14.8. The number of hydrogen-bond donors (Lipinski definition) is 2. The molecule has 0 unspecified atom stereocenters. The normalized spacial score (nSPS) is 16.1. The number of halogens is 3. The summed E-state index contributed by atoms with van der Waals surface area (Å²) in [7, 11) is 0. The van der Waals surface area contributed by atoms with Gasteiger partial charge in [0.15, 0.2) is 0 Å². The number of carbonyl (C=O) groups excluding carboxylic acids is 1. The van der Waals surface area contributed by atoms with Crippen molar-refractivity contribution in [3.8, 4) is 0 Å². The van der Waals surface area contributed by atoms with E-state index in [1.165, 1.54) is 6.07 Å². The van der Waals surface area contributed by atoms with E-state index in [-0.39, 0.29) is 17.4 Å². The number of nitrogens with two attached hydrogens (primary N) is 1. The molecule has 1 aromatic carbocycles. The van der Waals surface area contributed by atoms with Crippen LogP contribution in [0.2, 0.25) is 0 Å². The van der Waals surface area contributed by atoms with Crippen molar-refractivity contribution in [2.75, 3.05) is 24.1 Å². The molecule has 7 heteroatoms. The molecule has 20 heavy (non-hydrogen) atoms. The summed E-state index contributed by atoms with van der Waals surface area (Å²) in [4.78, 5) is 13.6. The van der Waals surface area contributed by atoms with Gasteiger partial charge in [0.05, 0.1) is 16.9 Å². The Morgan fingerprint density at radius 2 is 1.85 bits per heavy atom. The van der Waals surface area contributed by atoms with Crippen LogP contribution in [0.5, 0.6) is 0 Å². The largest absolute Gasteiger partial charge is 0.416 e. The summed E-state index contributed by atoms with van der Waals surface area (Å²) < 4.78 is 37.5. The highest BCUT2D eigenvalue weighted by atomic mass is 19.4. The summed E-state index contributed by atoms with van der Waals surface area (Å²) in [5, 5.41) is 2.55. The number of rotatable bonds is 1. The maximum atomic E-state index is 12.5. The standard InChI is InChI=1S/C13H16F3N3O/c14-13(15,16)9-4-5-11(10(17)8-9)18-12(20)19-6-2-1-3-7-19/h4-5,8H,1-3,6-7,17H2,(H,18,20). The van der Waals surface area contributed by atoms with E-state index in [0.717, 1.165) is 31.4 Å². The molecule has 1 saturated heterocycles. The molecule has 1 heterocycles. The molecule has 1 fully saturated rings. The van der Waals surface area contributed by atoms with Crippen molar-refractivity contribution in [1.82, 2.24) is 4.90 Å². The van der Waals surface area contributed by atoms with Gasteiger partial charge in [0.2, 0.25) is 0 Å². The fraction of sp³-hybridized carbons (Fsp3) is 0.462. The van der Waals surface area contributed by atoms with E-state index in [2.05, 4.69) is 5.32 Å². The van der Waals surface area contributed by atoms with E-state index < -0.39 is 11.7 Å². The van der Waals surface area contributed by atoms with E-state index in [1.807, 2.05) is 0 Å². The molecule has 1 aliphatic heterocycles. The number of nitrogens with zero attached hydrogens (tertiary/aromatic N) is 1. The Kier molecular flexibility index (Phi) is 4.06. The van der Waals surface area contributed by atoms with Gasteiger partial charge in [-0.15, -0.1) is 0 Å². The maximum Gasteiger partial charge on any atom is 0.416 e. The molecule has 0 bridgehead atoms. The Hall–Kier alpha value is -1.92. The predicted octanol–water partition coefficient (Wildman–Crippen LogP) is 3.31. The molecule has 1 aliphatic rings.